The van der Waals surface area contributed by atoms with E-state index in [-0.39, 0.29) is 5.69 Å². The number of ether oxygens (including phenoxy) is 1. The van der Waals surface area contributed by atoms with Gasteiger partial charge in [0.05, 0.1) is 36.9 Å². The van der Waals surface area contributed by atoms with E-state index >= 15 is 0 Å². The van der Waals surface area contributed by atoms with Crippen LogP contribution in [0.2, 0.25) is 0 Å². The Balaban J connectivity index is 1.66. The number of hydrogen-bond acceptors (Lipinski definition) is 5. The predicted octanol–water partition coefficient (Wildman–Crippen LogP) is 4.35. The SMILES string of the molecule is COc1cc(-c2cn([C@H]3CC(C(F)(F)F)CCN(CC(F)(F)F)C3=O)nn2)ccc1-n1cnc(C)c1. The highest BCUT2D eigenvalue weighted by atomic mass is 19.4. The van der Waals surface area contributed by atoms with Gasteiger partial charge in [-0.05, 0) is 31.9 Å². The summed E-state index contributed by atoms with van der Waals surface area (Å²) in [4.78, 5) is 17.5. The molecule has 0 N–H and O–H groups in total. The molecular formula is C22H22F6N6O2. The normalized spacial score (nSPS) is 19.4. The second kappa shape index (κ2) is 9.47. The van der Waals surface area contributed by atoms with Crippen molar-refractivity contribution >= 4 is 5.91 Å². The van der Waals surface area contributed by atoms with E-state index < -0.39 is 56.2 Å². The minimum Gasteiger partial charge on any atom is -0.495 e. The number of amides is 1. The van der Waals surface area contributed by atoms with Crippen molar-refractivity contribution in [2.45, 2.75) is 38.2 Å². The molecule has 1 aliphatic rings. The van der Waals surface area contributed by atoms with Gasteiger partial charge in [0.1, 0.15) is 24.0 Å². The molecule has 1 aliphatic heterocycles. The number of benzene rings is 1. The number of methoxy groups -OCH3 is 1. The van der Waals surface area contributed by atoms with Gasteiger partial charge in [-0.3, -0.25) is 4.79 Å². The van der Waals surface area contributed by atoms with Gasteiger partial charge < -0.3 is 14.2 Å². The van der Waals surface area contributed by atoms with Crippen molar-refractivity contribution in [2.24, 2.45) is 5.92 Å². The molecule has 0 bridgehead atoms. The first-order chi connectivity index (χ1) is 16.9. The first-order valence-electron chi connectivity index (χ1n) is 10.9. The van der Waals surface area contributed by atoms with Gasteiger partial charge in [-0.15, -0.1) is 5.10 Å². The van der Waals surface area contributed by atoms with Crippen LogP contribution in [0.4, 0.5) is 26.3 Å². The first-order valence-corrected chi connectivity index (χ1v) is 10.9. The third-order valence-electron chi connectivity index (χ3n) is 5.98. The summed E-state index contributed by atoms with van der Waals surface area (Å²) >= 11 is 0. The van der Waals surface area contributed by atoms with Gasteiger partial charge in [-0.25, -0.2) is 9.67 Å². The number of aryl methyl sites for hydroxylation is 1. The summed E-state index contributed by atoms with van der Waals surface area (Å²) in [5, 5.41) is 7.77. The van der Waals surface area contributed by atoms with E-state index in [1.807, 2.05) is 6.92 Å². The zero-order chi connectivity index (χ0) is 26.3. The third kappa shape index (κ3) is 5.46. The van der Waals surface area contributed by atoms with Crippen LogP contribution in [0.1, 0.15) is 24.6 Å². The fourth-order valence-electron chi connectivity index (χ4n) is 4.18. The topological polar surface area (TPSA) is 78.1 Å². The molecular weight excluding hydrogens is 494 g/mol. The lowest BCUT2D eigenvalue weighted by Gasteiger charge is -2.25. The summed E-state index contributed by atoms with van der Waals surface area (Å²) < 4.78 is 87.6. The summed E-state index contributed by atoms with van der Waals surface area (Å²) in [7, 11) is 1.46. The van der Waals surface area contributed by atoms with Crippen LogP contribution in [-0.4, -0.2) is 67.9 Å². The molecule has 1 aromatic carbocycles. The second-order valence-electron chi connectivity index (χ2n) is 8.55. The zero-order valence-electron chi connectivity index (χ0n) is 19.2. The molecule has 1 amide bonds. The van der Waals surface area contributed by atoms with E-state index in [1.165, 1.54) is 13.3 Å². The Morgan fingerprint density at radius 3 is 2.50 bits per heavy atom. The van der Waals surface area contributed by atoms with Crippen molar-refractivity contribution in [3.05, 3.63) is 42.6 Å². The Hall–Kier alpha value is -3.58. The van der Waals surface area contributed by atoms with Crippen LogP contribution in [0.25, 0.3) is 16.9 Å². The molecule has 0 spiro atoms. The maximum Gasteiger partial charge on any atom is 0.406 e. The van der Waals surface area contributed by atoms with Gasteiger partial charge in [0, 0.05) is 18.3 Å². The van der Waals surface area contributed by atoms with Gasteiger partial charge in [-0.1, -0.05) is 11.3 Å². The highest BCUT2D eigenvalue weighted by Crippen LogP contribution is 2.39. The molecule has 0 aliphatic carbocycles. The Labute approximate surface area is 201 Å². The number of halogens is 6. The number of carbonyl (C=O) groups is 1. The Kier molecular flexibility index (Phi) is 6.71. The van der Waals surface area contributed by atoms with E-state index in [0.717, 1.165) is 10.4 Å². The van der Waals surface area contributed by atoms with Crippen molar-refractivity contribution in [2.75, 3.05) is 20.2 Å². The van der Waals surface area contributed by atoms with Crippen LogP contribution >= 0.6 is 0 Å². The summed E-state index contributed by atoms with van der Waals surface area (Å²) in [6.07, 6.45) is -6.15. The highest BCUT2D eigenvalue weighted by Gasteiger charge is 2.47. The lowest BCUT2D eigenvalue weighted by atomic mass is 9.97. The van der Waals surface area contributed by atoms with Crippen LogP contribution in [0, 0.1) is 12.8 Å². The van der Waals surface area contributed by atoms with Gasteiger partial charge in [0.2, 0.25) is 5.91 Å². The lowest BCUT2D eigenvalue weighted by Crippen LogP contribution is -2.42. The molecule has 36 heavy (non-hydrogen) atoms. The minimum atomic E-state index is -4.75. The molecule has 194 valence electrons. The molecule has 1 unspecified atom stereocenters. The first kappa shape index (κ1) is 25.5. The van der Waals surface area contributed by atoms with Crippen molar-refractivity contribution in [1.82, 2.24) is 29.4 Å². The monoisotopic (exact) mass is 516 g/mol. The Morgan fingerprint density at radius 2 is 1.89 bits per heavy atom. The van der Waals surface area contributed by atoms with Crippen LogP contribution in [0.3, 0.4) is 0 Å². The predicted molar refractivity (Wildman–Crippen MR) is 114 cm³/mol. The van der Waals surface area contributed by atoms with E-state index in [4.69, 9.17) is 4.74 Å². The van der Waals surface area contributed by atoms with E-state index in [1.54, 1.807) is 35.3 Å². The van der Waals surface area contributed by atoms with Crippen molar-refractivity contribution in [3.63, 3.8) is 0 Å². The molecule has 0 saturated carbocycles. The summed E-state index contributed by atoms with van der Waals surface area (Å²) in [6.45, 7) is -0.475. The van der Waals surface area contributed by atoms with Crippen LogP contribution in [0.15, 0.2) is 36.9 Å². The van der Waals surface area contributed by atoms with Crippen molar-refractivity contribution in [3.8, 4) is 22.7 Å². The fourth-order valence-corrected chi connectivity index (χ4v) is 4.18. The van der Waals surface area contributed by atoms with Crippen LogP contribution in [-0.2, 0) is 4.79 Å². The average Bonchev–Trinajstić information content (AvgIpc) is 3.42. The standard InChI is InChI=1S/C22H22F6N6O2/c1-13-9-33(12-29-13)17-4-3-14(7-19(17)36-2)16-10-34(31-30-16)18-8-15(22(26,27)28)5-6-32(20(18)35)11-21(23,24)25/h3-4,7,9-10,12,15,18H,5-6,8,11H2,1-2H3/t15?,18-/m0/s1. The molecule has 4 rings (SSSR count). The Bertz CT molecular complexity index is 1230. The van der Waals surface area contributed by atoms with Crippen LogP contribution < -0.4 is 4.74 Å². The number of alkyl halides is 6. The maximum atomic E-state index is 13.5. The number of aromatic nitrogens is 5. The van der Waals surface area contributed by atoms with Gasteiger partial charge >= 0.3 is 12.4 Å². The van der Waals surface area contributed by atoms with E-state index in [0.29, 0.717) is 21.9 Å². The molecule has 1 fully saturated rings. The fraction of sp³-hybridized carbons (Fsp3) is 0.455. The van der Waals surface area contributed by atoms with Crippen LogP contribution in [0.5, 0.6) is 5.75 Å². The molecule has 0 radical (unpaired) electrons. The summed E-state index contributed by atoms with van der Waals surface area (Å²) in [5.41, 5.74) is 2.15. The highest BCUT2D eigenvalue weighted by molar-refractivity contribution is 5.81. The van der Waals surface area contributed by atoms with Gasteiger partial charge in [0.15, 0.2) is 0 Å². The quantitative estimate of drug-likeness (QED) is 0.472. The summed E-state index contributed by atoms with van der Waals surface area (Å²) in [5.74, 6) is -2.60. The number of hydrogen-bond donors (Lipinski definition) is 0. The number of imidazole rings is 1. The van der Waals surface area contributed by atoms with Crippen molar-refractivity contribution in [1.29, 1.82) is 0 Å². The molecule has 8 nitrogen and oxygen atoms in total. The number of carbonyl (C=O) groups excluding carboxylic acids is 1. The van der Waals surface area contributed by atoms with Crippen molar-refractivity contribution < 1.29 is 35.9 Å². The maximum absolute atomic E-state index is 13.5. The molecule has 1 saturated heterocycles. The Morgan fingerprint density at radius 1 is 1.14 bits per heavy atom. The number of likely N-dealkylation sites (tertiary alicyclic amines) is 1. The smallest absolute Gasteiger partial charge is 0.406 e. The average molecular weight is 516 g/mol. The molecule has 3 heterocycles. The second-order valence-corrected chi connectivity index (χ2v) is 8.55. The lowest BCUT2D eigenvalue weighted by molar-refractivity contribution is -0.179. The number of rotatable bonds is 5. The van der Waals surface area contributed by atoms with Gasteiger partial charge in [-0.2, -0.15) is 26.3 Å². The minimum absolute atomic E-state index is 0.213. The van der Waals surface area contributed by atoms with E-state index in [9.17, 15) is 31.1 Å². The number of nitrogens with zero attached hydrogens (tertiary/aromatic N) is 6. The van der Waals surface area contributed by atoms with Gasteiger partial charge in [0.25, 0.3) is 0 Å². The molecule has 2 atom stereocenters. The largest absolute Gasteiger partial charge is 0.495 e. The zero-order valence-corrected chi connectivity index (χ0v) is 19.2. The molecule has 14 heteroatoms. The third-order valence-corrected chi connectivity index (χ3v) is 5.98. The van der Waals surface area contributed by atoms with E-state index in [2.05, 4.69) is 15.3 Å². The molecule has 3 aromatic rings. The summed E-state index contributed by atoms with van der Waals surface area (Å²) in [6, 6.07) is 3.43. The molecule has 2 aromatic heterocycles.